The third-order valence-corrected chi connectivity index (χ3v) is 28.5. The molecule has 4 atom stereocenters. The van der Waals surface area contributed by atoms with Crippen molar-refractivity contribution < 1.29 is 114 Å². The summed E-state index contributed by atoms with van der Waals surface area (Å²) in [6.45, 7) is 12.4. The number of carbonyl (C=O) groups excluding carboxylic acids is 6. The Balaban J connectivity index is 0.000000201. The standard InChI is InChI=1S/C50H50N4O6S2.C50H49N3O9S2.Na.O3S.H/c1-30-18-40-41(51-27-38-23-35-11-7-9-13-43(35)54(38)49(40)57)26-44(30)59-28-31-19-32(21-36(20-31)52-47(55)16-17-50(2,3)62-61-5)29-60-46-24-33-14-15-37-22-34-10-6-8-12-42(34)53(37)48(56)39(33)25-45(46)58-4;1-29-17-38-35(25-46(64(57,58)59)42-22-34-10-6-8-12-41(34)53(42)49(38)56)24-43(29)61-27-30-18-31(20-36(19-30)51-47(54)15-16-50(2,3)63)28-62-45-23-32-13-14-37-21-33-9-5-7-11-40(33)52(37)48(55)39(32)26-44(45)60-4;;1-4(2)3;/h6-13,18-21,24-27,37-38H,14-17,22-23,28-29H2,1-5H3,(H,52,55);5-12,17-20,23-26,37,42,63H,13-16,21-22,27-28H2,1-4H3,(H,51,54)(H,57,58,59);;;/q;;+1;;-1/t37-,38+;37-,42+;;;/m11.../s1. The number of nitrogens with zero attached hydrogens (tertiary/aromatic N) is 5. The molecule has 8 heterocycles. The molecular formula is C100H100N7NaO18S5. The summed E-state index contributed by atoms with van der Waals surface area (Å²) in [6.07, 6.45) is 12.9. The Bertz CT molecular complexity index is 6540. The molecule has 0 saturated carbocycles. The maximum absolute atomic E-state index is 14.1. The molecule has 0 unspecified atom stereocenters. The fourth-order valence-electron chi connectivity index (χ4n) is 18.4. The van der Waals surface area contributed by atoms with Crippen molar-refractivity contribution in [2.75, 3.05) is 50.7 Å². The fraction of sp³-hybridized carbons (Fsp3) is 0.310. The average Bonchev–Trinajstić information content (AvgIpc) is 1.55. The number of benzene rings is 10. The van der Waals surface area contributed by atoms with Crippen molar-refractivity contribution in [1.29, 1.82) is 0 Å². The van der Waals surface area contributed by atoms with Crippen LogP contribution < -0.4 is 88.2 Å². The second-order valence-corrected chi connectivity index (χ2v) is 41.0. The van der Waals surface area contributed by atoms with Crippen molar-refractivity contribution in [3.8, 4) is 34.5 Å². The van der Waals surface area contributed by atoms with Gasteiger partial charge in [0.15, 0.2) is 23.0 Å². The zero-order chi connectivity index (χ0) is 91.8. The molecule has 0 aliphatic carbocycles. The van der Waals surface area contributed by atoms with E-state index in [1.165, 1.54) is 22.1 Å². The largest absolute Gasteiger partial charge is 1.00 e. The number of ether oxygens (including phenoxy) is 6. The van der Waals surface area contributed by atoms with E-state index in [0.29, 0.717) is 110 Å². The Morgan fingerprint density at radius 3 is 1.37 bits per heavy atom. The van der Waals surface area contributed by atoms with E-state index in [4.69, 9.17) is 46.0 Å². The summed E-state index contributed by atoms with van der Waals surface area (Å²) < 4.78 is 98.5. The number of nitrogens with one attached hydrogen (secondary N) is 2. The number of rotatable bonds is 25. The van der Waals surface area contributed by atoms with Gasteiger partial charge in [0.1, 0.15) is 37.9 Å². The number of thiol groups is 1. The van der Waals surface area contributed by atoms with E-state index in [1.54, 1.807) is 73.1 Å². The monoisotopic (exact) mass is 1870 g/mol. The number of fused-ring (bicyclic) bond motifs is 16. The SMILES string of the molecule is COc1cc2c(cc1OCc1cc(COc3cc4c(cc3C)C(=O)N3c5ccccc5C[C@H]3C(S(=O)(=O)O)=C4)cc(NC(=O)CCC(C)(C)S)c1)CC[C@@H]1Cc3ccccc3N1C2=O.COc1cc2c(cc1OCc1cc(COc3cc4c(cc3C)C(=O)N3c5ccccc5C[C@H]3C=N4)cc(NC(=O)CCC(C)(C)SSC)c1)CC[C@@H]1Cc3ccccc3N1C2=O.O=S(=O)=O.[H-].[Na+]. The fourth-order valence-corrected chi connectivity index (χ4v) is 21.6. The Morgan fingerprint density at radius 1 is 0.511 bits per heavy atom. The Labute approximate surface area is 800 Å². The number of anilines is 6. The molecule has 25 nitrogen and oxygen atoms in total. The molecule has 0 aromatic heterocycles. The van der Waals surface area contributed by atoms with Crippen LogP contribution in [0.4, 0.5) is 39.8 Å². The molecule has 0 spiro atoms. The summed E-state index contributed by atoms with van der Waals surface area (Å²) in [4.78, 5) is 94.4. The van der Waals surface area contributed by atoms with Gasteiger partial charge in [-0.1, -0.05) is 108 Å². The van der Waals surface area contributed by atoms with Crippen molar-refractivity contribution >= 4 is 142 Å². The van der Waals surface area contributed by atoms with Crippen molar-refractivity contribution in [2.45, 2.75) is 179 Å². The number of aryl methyl sites for hydroxylation is 4. The topological polar surface area (TPSA) is 313 Å². The predicted octanol–water partition coefficient (Wildman–Crippen LogP) is 15.5. The van der Waals surface area contributed by atoms with Gasteiger partial charge in [-0.3, -0.25) is 48.1 Å². The molecule has 0 saturated heterocycles. The van der Waals surface area contributed by atoms with E-state index in [2.05, 4.69) is 55.3 Å². The predicted molar refractivity (Wildman–Crippen MR) is 511 cm³/mol. The van der Waals surface area contributed by atoms with Crippen molar-refractivity contribution in [1.82, 2.24) is 0 Å². The number of hydrogen-bond acceptors (Lipinski definition) is 21. The van der Waals surface area contributed by atoms with E-state index in [-0.39, 0.29) is 144 Å². The number of carbonyl (C=O) groups is 6. The normalized spacial score (nSPS) is 16.9. The maximum atomic E-state index is 14.1. The van der Waals surface area contributed by atoms with Crippen molar-refractivity contribution in [3.63, 3.8) is 0 Å². The first kappa shape index (κ1) is 94.5. The molecule has 8 aliphatic rings. The van der Waals surface area contributed by atoms with Crippen LogP contribution in [-0.2, 0) is 95.3 Å². The summed E-state index contributed by atoms with van der Waals surface area (Å²) >= 11 is 4.58. The smallest absolute Gasteiger partial charge is 1.00 e. The van der Waals surface area contributed by atoms with Gasteiger partial charge in [-0.25, -0.2) is 0 Å². The first-order valence-corrected chi connectivity index (χ1v) is 48.4. The summed E-state index contributed by atoms with van der Waals surface area (Å²) in [5, 5.41) is 6.15. The van der Waals surface area contributed by atoms with Crippen LogP contribution in [-0.4, -0.2) is 121 Å². The zero-order valence-corrected chi connectivity index (χ0v) is 80.5. The van der Waals surface area contributed by atoms with Gasteiger partial charge in [0.25, 0.3) is 33.7 Å². The Morgan fingerprint density at radius 2 is 0.916 bits per heavy atom. The van der Waals surface area contributed by atoms with E-state index < -0.39 is 26.8 Å². The third-order valence-electron chi connectivity index (χ3n) is 24.6. The summed E-state index contributed by atoms with van der Waals surface area (Å²) in [5.74, 6) is 2.16. The van der Waals surface area contributed by atoms with Crippen LogP contribution >= 0.6 is 34.2 Å². The van der Waals surface area contributed by atoms with Gasteiger partial charge >= 0.3 is 40.2 Å². The molecule has 10 aromatic carbocycles. The summed E-state index contributed by atoms with van der Waals surface area (Å²) in [5.41, 5.74) is 18.2. The van der Waals surface area contributed by atoms with Gasteiger partial charge in [0, 0.05) is 110 Å². The minimum Gasteiger partial charge on any atom is -1.00 e. The van der Waals surface area contributed by atoms with Gasteiger partial charge in [0.2, 0.25) is 11.8 Å². The molecule has 31 heteroatoms. The van der Waals surface area contributed by atoms with Crippen LogP contribution in [0.5, 0.6) is 34.5 Å². The minimum absolute atomic E-state index is 0. The second kappa shape index (κ2) is 39.7. The van der Waals surface area contributed by atoms with E-state index >= 15 is 0 Å². The van der Waals surface area contributed by atoms with E-state index in [0.717, 1.165) is 107 Å². The van der Waals surface area contributed by atoms with Gasteiger partial charge in [-0.05, 0) is 267 Å². The molecule has 131 heavy (non-hydrogen) atoms. The maximum Gasteiger partial charge on any atom is 1.00 e. The Kier molecular flexibility index (Phi) is 28.6. The Hall–Kier alpha value is -11.2. The van der Waals surface area contributed by atoms with Crippen molar-refractivity contribution in [2.24, 2.45) is 4.99 Å². The average molecular weight is 1870 g/mol. The third kappa shape index (κ3) is 21.0. The molecule has 3 N–H and O–H groups in total. The molecular weight excluding hydrogens is 1770 g/mol. The van der Waals surface area contributed by atoms with Crippen LogP contribution in [0.25, 0.3) is 6.08 Å². The first-order valence-electron chi connectivity index (χ1n) is 42.9. The van der Waals surface area contributed by atoms with Gasteiger partial charge in [0.05, 0.1) is 42.5 Å². The molecule has 8 aliphatic heterocycles. The summed E-state index contributed by atoms with van der Waals surface area (Å²) in [7, 11) is -1.21. The van der Waals surface area contributed by atoms with Crippen LogP contribution in [0, 0.1) is 13.8 Å². The van der Waals surface area contributed by atoms with Gasteiger partial charge in [-0.15, -0.1) is 12.6 Å². The zero-order valence-electron chi connectivity index (χ0n) is 75.3. The molecule has 674 valence electrons. The molecule has 0 radical (unpaired) electrons. The number of amides is 6. The molecule has 0 bridgehead atoms. The van der Waals surface area contributed by atoms with Crippen LogP contribution in [0.2, 0.25) is 0 Å². The van der Waals surface area contributed by atoms with Gasteiger partial charge in [-0.2, -0.15) is 21.0 Å². The molecule has 6 amide bonds. The molecule has 18 rings (SSSR count). The van der Waals surface area contributed by atoms with E-state index in [9.17, 15) is 41.7 Å². The number of hydrogen-bond donors (Lipinski definition) is 4. The second-order valence-electron chi connectivity index (χ2n) is 34.8. The quantitative estimate of drug-likeness (QED) is 0.0179. The summed E-state index contributed by atoms with van der Waals surface area (Å²) in [6, 6.07) is 56.4. The number of aliphatic imine (C=N–C) groups is 1. The van der Waals surface area contributed by atoms with Crippen molar-refractivity contribution in [3.05, 3.63) is 281 Å². The first-order chi connectivity index (χ1) is 62.2. The van der Waals surface area contributed by atoms with Crippen LogP contribution in [0.3, 0.4) is 0 Å². The minimum atomic E-state index is -4.70. The molecule has 0 fully saturated rings. The van der Waals surface area contributed by atoms with Crippen LogP contribution in [0.15, 0.2) is 192 Å². The van der Waals surface area contributed by atoms with Crippen LogP contribution in [0.1, 0.15) is 181 Å². The van der Waals surface area contributed by atoms with Gasteiger partial charge < -0.3 is 50.3 Å². The van der Waals surface area contributed by atoms with E-state index in [1.807, 2.05) is 181 Å². The number of methoxy groups -OCH3 is 2. The number of para-hydroxylation sites is 4. The molecule has 10 aromatic rings.